The largest absolute Gasteiger partial charge is 0.516 e. The normalized spacial score (nSPS) is 11.3. The van der Waals surface area contributed by atoms with Gasteiger partial charge in [-0.05, 0) is 0 Å². The molecule has 11 heavy (non-hydrogen) atoms. The van der Waals surface area contributed by atoms with Gasteiger partial charge in [0.1, 0.15) is 0 Å². The van der Waals surface area contributed by atoms with E-state index in [1.54, 1.807) is 12.1 Å². The maximum Gasteiger partial charge on any atom is 0.215 e. The van der Waals surface area contributed by atoms with Crippen LogP contribution >= 0.6 is 17.0 Å². The summed E-state index contributed by atoms with van der Waals surface area (Å²) < 4.78 is 10.1. The van der Waals surface area contributed by atoms with Crippen LogP contribution in [0.25, 0.3) is 0 Å². The minimum absolute atomic E-state index is 0. The monoisotopic (exact) mass is 265 g/mol. The molecule has 4 heteroatoms. The molecular weight excluding hydrogens is 261 g/mol. The van der Waals surface area contributed by atoms with E-state index in [0.717, 1.165) is 11.5 Å². The molecule has 0 aromatic heterocycles. The molecule has 2 rings (SSSR count). The van der Waals surface area contributed by atoms with Gasteiger partial charge in [-0.3, -0.25) is 0 Å². The van der Waals surface area contributed by atoms with Crippen LogP contribution in [0.2, 0.25) is 0 Å². The van der Waals surface area contributed by atoms with Crippen molar-refractivity contribution >= 4 is 17.0 Å². The Labute approximate surface area is 88.4 Å². The van der Waals surface area contributed by atoms with Gasteiger partial charge in [0.15, 0.2) is 0 Å². The van der Waals surface area contributed by atoms with Crippen molar-refractivity contribution in [3.05, 3.63) is 24.3 Å². The second-order valence-electron chi connectivity index (χ2n) is 1.78. The number of hydrogen-bond donors (Lipinski definition) is 0. The molecule has 0 bridgehead atoms. The molecule has 0 radical (unpaired) electrons. The molecule has 56 valence electrons. The number of ether oxygens (including phenoxy) is 2. The maximum atomic E-state index is 5.06. The summed E-state index contributed by atoms with van der Waals surface area (Å²) in [5, 5.41) is 0. The van der Waals surface area contributed by atoms with Gasteiger partial charge < -0.3 is 9.47 Å². The van der Waals surface area contributed by atoms with E-state index in [-0.39, 0.29) is 36.5 Å². The molecule has 1 aromatic carbocycles. The average Bonchev–Trinajstić information content (AvgIpc) is 2.33. The van der Waals surface area contributed by atoms with Gasteiger partial charge >= 0.3 is 0 Å². The van der Waals surface area contributed by atoms with E-state index in [9.17, 15) is 0 Å². The molecule has 0 aliphatic carbocycles. The molecule has 0 fully saturated rings. The maximum absolute atomic E-state index is 5.06. The Kier molecular flexibility index (Phi) is 4.70. The molecule has 0 N–H and O–H groups in total. The van der Waals surface area contributed by atoms with Crippen molar-refractivity contribution in [2.24, 2.45) is 0 Å². The molecule has 1 aromatic rings. The number of halogens is 1. The van der Waals surface area contributed by atoms with E-state index in [0.29, 0.717) is 6.79 Å². The molecule has 0 spiro atoms. The summed E-state index contributed by atoms with van der Waals surface area (Å²) in [6, 6.07) is 8.29. The van der Waals surface area contributed by atoms with Gasteiger partial charge in [0.2, 0.25) is 6.79 Å². The first-order valence-corrected chi connectivity index (χ1v) is 2.72. The third-order valence-corrected chi connectivity index (χ3v) is 1.22. The average molecular weight is 267 g/mol. The van der Waals surface area contributed by atoms with Crippen molar-refractivity contribution < 1.29 is 29.0 Å². The van der Waals surface area contributed by atoms with Gasteiger partial charge in [0.05, 0.1) is 11.5 Å². The van der Waals surface area contributed by atoms with Gasteiger partial charge in [0.25, 0.3) is 0 Å². The fourth-order valence-electron chi connectivity index (χ4n) is 0.789. The number of hydrogen-bond acceptors (Lipinski definition) is 2. The van der Waals surface area contributed by atoms with Crippen LogP contribution in [0.5, 0.6) is 11.5 Å². The Morgan fingerprint density at radius 1 is 1.27 bits per heavy atom. The fraction of sp³-hybridized carbons (Fsp3) is 0.143. The van der Waals surface area contributed by atoms with Crippen molar-refractivity contribution in [3.8, 4) is 11.5 Å². The number of benzene rings is 1. The van der Waals surface area contributed by atoms with Gasteiger partial charge in [-0.2, -0.15) is 12.1 Å². The molecule has 1 aliphatic rings. The second-order valence-corrected chi connectivity index (χ2v) is 1.78. The van der Waals surface area contributed by atoms with Crippen molar-refractivity contribution in [1.82, 2.24) is 0 Å². The minimum atomic E-state index is 0. The molecule has 1 heterocycles. The summed E-state index contributed by atoms with van der Waals surface area (Å²) in [5.74, 6) is 1.60. The van der Waals surface area contributed by atoms with Gasteiger partial charge in [0, 0.05) is 19.5 Å². The Morgan fingerprint density at radius 3 is 2.73 bits per heavy atom. The molecule has 0 amide bonds. The molecule has 0 unspecified atom stereocenters. The molecular formula is C7H6BrO2Zn-. The molecule has 2 nitrogen and oxygen atoms in total. The van der Waals surface area contributed by atoms with E-state index in [1.807, 2.05) is 6.07 Å². The zero-order chi connectivity index (χ0) is 6.10. The Morgan fingerprint density at radius 2 is 2.00 bits per heavy atom. The third kappa shape index (κ3) is 2.18. The van der Waals surface area contributed by atoms with Crippen LogP contribution in [-0.2, 0) is 19.5 Å². The van der Waals surface area contributed by atoms with Crippen LogP contribution in [0.15, 0.2) is 18.2 Å². The van der Waals surface area contributed by atoms with E-state index in [2.05, 4.69) is 6.07 Å². The molecule has 1 aliphatic heterocycles. The van der Waals surface area contributed by atoms with E-state index < -0.39 is 0 Å². The quantitative estimate of drug-likeness (QED) is 0.527. The first-order chi connectivity index (χ1) is 4.47. The van der Waals surface area contributed by atoms with E-state index >= 15 is 0 Å². The van der Waals surface area contributed by atoms with Crippen LogP contribution < -0.4 is 9.47 Å². The summed E-state index contributed by atoms with van der Waals surface area (Å²) in [4.78, 5) is 0. The topological polar surface area (TPSA) is 18.5 Å². The Balaban J connectivity index is 0.000000500. The predicted octanol–water partition coefficient (Wildman–Crippen LogP) is 1.79. The zero-order valence-electron chi connectivity index (χ0n) is 5.87. The molecule has 0 saturated carbocycles. The van der Waals surface area contributed by atoms with Crippen LogP contribution in [0.1, 0.15) is 0 Å². The summed E-state index contributed by atoms with van der Waals surface area (Å²) in [6.45, 7) is 0.340. The minimum Gasteiger partial charge on any atom is -0.516 e. The van der Waals surface area contributed by atoms with Crippen LogP contribution in [0.3, 0.4) is 0 Å². The van der Waals surface area contributed by atoms with Crippen molar-refractivity contribution in [2.75, 3.05) is 6.79 Å². The number of fused-ring (bicyclic) bond motifs is 1. The fourth-order valence-corrected chi connectivity index (χ4v) is 0.789. The SMILES string of the molecule is Br.[Zn].[c-]1ccc2c(c1)OCO2. The molecule has 0 saturated heterocycles. The van der Waals surface area contributed by atoms with Gasteiger partial charge in [-0.1, -0.05) is 0 Å². The Bertz CT molecular complexity index is 206. The van der Waals surface area contributed by atoms with Gasteiger partial charge in [-0.15, -0.1) is 29.1 Å². The van der Waals surface area contributed by atoms with Crippen molar-refractivity contribution in [1.29, 1.82) is 0 Å². The standard InChI is InChI=1S/C7H5O2.BrH.Zn/c1-2-4-7-6(3-1)8-5-9-7;;/h1,3-4H,5H2;1H;/q-1;;. The summed E-state index contributed by atoms with van der Waals surface area (Å²) in [6.07, 6.45) is 0. The second kappa shape index (κ2) is 4.73. The van der Waals surface area contributed by atoms with E-state index in [4.69, 9.17) is 9.47 Å². The number of rotatable bonds is 0. The molecule has 0 atom stereocenters. The zero-order valence-corrected chi connectivity index (χ0v) is 10.6. The van der Waals surface area contributed by atoms with Crippen molar-refractivity contribution in [3.63, 3.8) is 0 Å². The van der Waals surface area contributed by atoms with E-state index in [1.165, 1.54) is 0 Å². The van der Waals surface area contributed by atoms with Crippen LogP contribution in [-0.4, -0.2) is 6.79 Å². The first kappa shape index (κ1) is 10.9. The first-order valence-electron chi connectivity index (χ1n) is 2.72. The third-order valence-electron chi connectivity index (χ3n) is 1.22. The van der Waals surface area contributed by atoms with Crippen molar-refractivity contribution in [2.45, 2.75) is 0 Å². The Hall–Kier alpha value is -0.0766. The van der Waals surface area contributed by atoms with Crippen LogP contribution in [0.4, 0.5) is 0 Å². The van der Waals surface area contributed by atoms with Crippen LogP contribution in [0, 0.1) is 6.07 Å². The van der Waals surface area contributed by atoms with Gasteiger partial charge in [-0.25, -0.2) is 0 Å². The summed E-state index contributed by atoms with van der Waals surface area (Å²) >= 11 is 0. The summed E-state index contributed by atoms with van der Waals surface area (Å²) in [7, 11) is 0. The predicted molar refractivity (Wildman–Crippen MR) is 41.7 cm³/mol. The summed E-state index contributed by atoms with van der Waals surface area (Å²) in [5.41, 5.74) is 0. The smallest absolute Gasteiger partial charge is 0.215 e.